The van der Waals surface area contributed by atoms with Gasteiger partial charge in [0.15, 0.2) is 0 Å². The van der Waals surface area contributed by atoms with Crippen molar-refractivity contribution in [2.45, 2.75) is 13.8 Å². The molecule has 1 aliphatic rings. The van der Waals surface area contributed by atoms with Crippen LogP contribution in [0.5, 0.6) is 0 Å². The first-order valence-electron chi connectivity index (χ1n) is 9.27. The molecule has 1 aromatic heterocycles. The lowest BCUT2D eigenvalue weighted by Gasteiger charge is -2.10. The van der Waals surface area contributed by atoms with Crippen molar-refractivity contribution in [2.24, 2.45) is 5.10 Å². The molecule has 4 rings (SSSR count). The van der Waals surface area contributed by atoms with Gasteiger partial charge in [-0.1, -0.05) is 42.5 Å². The maximum atomic E-state index is 12.7. The highest BCUT2D eigenvalue weighted by atomic mass is 16.2. The van der Waals surface area contributed by atoms with Crippen LogP contribution in [-0.2, 0) is 4.79 Å². The molecule has 0 spiro atoms. The molecule has 0 aliphatic carbocycles. The lowest BCUT2D eigenvalue weighted by atomic mass is 10.1. The molecule has 0 fully saturated rings. The monoisotopic (exact) mass is 384 g/mol. The van der Waals surface area contributed by atoms with E-state index in [1.807, 2.05) is 67.6 Å². The Labute approximate surface area is 168 Å². The van der Waals surface area contributed by atoms with Gasteiger partial charge in [0.1, 0.15) is 0 Å². The van der Waals surface area contributed by atoms with E-state index in [1.54, 1.807) is 25.2 Å². The first-order valence-corrected chi connectivity index (χ1v) is 9.27. The molecule has 0 radical (unpaired) electrons. The van der Waals surface area contributed by atoms with Crippen molar-refractivity contribution < 1.29 is 4.79 Å². The molecule has 144 valence electrons. The zero-order chi connectivity index (χ0) is 20.4. The number of hydrazone groups is 1. The van der Waals surface area contributed by atoms with Gasteiger partial charge in [-0.3, -0.25) is 14.7 Å². The molecule has 0 bridgehead atoms. The number of hydrogen-bond acceptors (Lipinski definition) is 3. The van der Waals surface area contributed by atoms with Crippen LogP contribution in [-0.4, -0.2) is 21.4 Å². The number of aryl methyl sites for hydroxylation is 1. The molecule has 0 saturated heterocycles. The van der Waals surface area contributed by atoms with E-state index in [0.717, 1.165) is 17.1 Å². The minimum Gasteiger partial charge on any atom is -0.295 e. The largest absolute Gasteiger partial charge is 0.295 e. The minimum atomic E-state index is -0.189. The molecule has 6 heteroatoms. The highest BCUT2D eigenvalue weighted by molar-refractivity contribution is 6.29. The number of anilines is 1. The van der Waals surface area contributed by atoms with Gasteiger partial charge in [0.2, 0.25) is 0 Å². The van der Waals surface area contributed by atoms with Gasteiger partial charge in [-0.15, -0.1) is 0 Å². The van der Waals surface area contributed by atoms with E-state index in [4.69, 9.17) is 0 Å². The lowest BCUT2D eigenvalue weighted by molar-refractivity contribution is -0.114. The van der Waals surface area contributed by atoms with Crippen LogP contribution in [0, 0.1) is 6.92 Å². The fourth-order valence-electron chi connectivity index (χ4n) is 3.21. The summed E-state index contributed by atoms with van der Waals surface area (Å²) >= 11 is 0. The van der Waals surface area contributed by atoms with Gasteiger partial charge < -0.3 is 0 Å². The van der Waals surface area contributed by atoms with E-state index < -0.39 is 0 Å². The summed E-state index contributed by atoms with van der Waals surface area (Å²) < 4.78 is 1.51. The Kier molecular flexibility index (Phi) is 4.83. The number of aromatic nitrogens is 2. The molecular weight excluding hydrogens is 364 g/mol. The van der Waals surface area contributed by atoms with E-state index in [9.17, 15) is 9.59 Å². The minimum absolute atomic E-state index is 0.141. The molecule has 2 heterocycles. The number of para-hydroxylation sites is 2. The van der Waals surface area contributed by atoms with Gasteiger partial charge in [0.25, 0.3) is 11.5 Å². The summed E-state index contributed by atoms with van der Waals surface area (Å²) in [5.74, 6) is -0.189. The number of nitrogens with zero attached hydrogens (tertiary/aromatic N) is 3. The molecule has 2 aromatic carbocycles. The van der Waals surface area contributed by atoms with Crippen LogP contribution in [0.15, 0.2) is 88.3 Å². The van der Waals surface area contributed by atoms with Crippen molar-refractivity contribution in [1.29, 1.82) is 0 Å². The Hall–Kier alpha value is -3.93. The number of H-pyrrole nitrogens is 1. The van der Waals surface area contributed by atoms with Gasteiger partial charge in [0.05, 0.1) is 28.2 Å². The number of allylic oxidation sites excluding steroid dienone is 2. The van der Waals surface area contributed by atoms with Gasteiger partial charge in [-0.05, 0) is 50.3 Å². The van der Waals surface area contributed by atoms with Crippen LogP contribution < -0.4 is 10.6 Å². The van der Waals surface area contributed by atoms with Crippen LogP contribution >= 0.6 is 0 Å². The summed E-state index contributed by atoms with van der Waals surface area (Å²) in [4.78, 5) is 25.5. The third-order valence-electron chi connectivity index (χ3n) is 4.72. The van der Waals surface area contributed by atoms with Crippen molar-refractivity contribution in [2.75, 3.05) is 5.01 Å². The van der Waals surface area contributed by atoms with Gasteiger partial charge >= 0.3 is 0 Å². The lowest BCUT2D eigenvalue weighted by Crippen LogP contribution is -2.21. The predicted molar refractivity (Wildman–Crippen MR) is 115 cm³/mol. The molecule has 1 amide bonds. The molecule has 6 nitrogen and oxygen atoms in total. The molecule has 1 aliphatic heterocycles. The third-order valence-corrected chi connectivity index (χ3v) is 4.72. The van der Waals surface area contributed by atoms with Crippen molar-refractivity contribution in [3.63, 3.8) is 0 Å². The van der Waals surface area contributed by atoms with Crippen LogP contribution in [0.4, 0.5) is 5.69 Å². The number of benzene rings is 2. The van der Waals surface area contributed by atoms with Crippen LogP contribution in [0.2, 0.25) is 0 Å². The van der Waals surface area contributed by atoms with Crippen molar-refractivity contribution in [1.82, 2.24) is 9.78 Å². The molecule has 1 N–H and O–H groups in total. The SMILES string of the molecule is CC1=NN(c2ccccc2)C(=O)C1=CC=Cc1c(C)[nH]n(-c2ccccc2)c1=O. The Balaban J connectivity index is 1.60. The van der Waals surface area contributed by atoms with E-state index in [0.29, 0.717) is 16.8 Å². The van der Waals surface area contributed by atoms with Crippen LogP contribution in [0.1, 0.15) is 18.2 Å². The number of aromatic amines is 1. The smallest absolute Gasteiger partial charge is 0.280 e. The summed E-state index contributed by atoms with van der Waals surface area (Å²) in [6.07, 6.45) is 5.13. The van der Waals surface area contributed by atoms with E-state index in [1.165, 1.54) is 9.69 Å². The topological polar surface area (TPSA) is 70.5 Å². The van der Waals surface area contributed by atoms with E-state index in [-0.39, 0.29) is 11.5 Å². The highest BCUT2D eigenvalue weighted by Gasteiger charge is 2.27. The maximum Gasteiger partial charge on any atom is 0.280 e. The van der Waals surface area contributed by atoms with Crippen LogP contribution in [0.3, 0.4) is 0 Å². The quantitative estimate of drug-likeness (QED) is 0.695. The summed E-state index contributed by atoms with van der Waals surface area (Å²) in [6.45, 7) is 3.64. The average molecular weight is 384 g/mol. The second-order valence-corrected chi connectivity index (χ2v) is 6.70. The van der Waals surface area contributed by atoms with Gasteiger partial charge in [-0.25, -0.2) is 4.68 Å². The zero-order valence-corrected chi connectivity index (χ0v) is 16.2. The Morgan fingerprint density at radius 2 is 1.52 bits per heavy atom. The van der Waals surface area contributed by atoms with Gasteiger partial charge in [0, 0.05) is 5.69 Å². The second kappa shape index (κ2) is 7.59. The van der Waals surface area contributed by atoms with Crippen LogP contribution in [0.25, 0.3) is 11.8 Å². The number of amides is 1. The van der Waals surface area contributed by atoms with Crippen molar-refractivity contribution in [3.05, 3.63) is 100.0 Å². The molecule has 3 aromatic rings. The Morgan fingerprint density at radius 1 is 0.897 bits per heavy atom. The Bertz CT molecular complexity index is 1200. The second-order valence-electron chi connectivity index (χ2n) is 6.70. The average Bonchev–Trinajstić information content (AvgIpc) is 3.19. The normalized spacial score (nSPS) is 15.5. The van der Waals surface area contributed by atoms with E-state index in [2.05, 4.69) is 10.2 Å². The summed E-state index contributed by atoms with van der Waals surface area (Å²) in [5.41, 5.74) is 3.78. The first kappa shape index (κ1) is 18.4. The highest BCUT2D eigenvalue weighted by Crippen LogP contribution is 2.23. The standard InChI is InChI=1S/C23H20N4O2/c1-16-20(22(28)26(24-16)18-10-5-3-6-11-18)14-9-15-21-17(2)25-27(23(21)29)19-12-7-4-8-13-19/h3-15,24H,1-2H3. The number of nitrogens with one attached hydrogen (secondary N) is 1. The number of carbonyl (C=O) groups excluding carboxylic acids is 1. The number of carbonyl (C=O) groups is 1. The fourth-order valence-corrected chi connectivity index (χ4v) is 3.21. The third kappa shape index (κ3) is 3.48. The molecule has 0 atom stereocenters. The number of rotatable bonds is 4. The predicted octanol–water partition coefficient (Wildman–Crippen LogP) is 3.84. The number of hydrogen-bond donors (Lipinski definition) is 1. The van der Waals surface area contributed by atoms with Crippen molar-refractivity contribution >= 4 is 23.4 Å². The van der Waals surface area contributed by atoms with E-state index >= 15 is 0 Å². The fraction of sp³-hybridized carbons (Fsp3) is 0.0870. The Morgan fingerprint density at radius 3 is 2.17 bits per heavy atom. The molecule has 0 saturated carbocycles. The molecule has 29 heavy (non-hydrogen) atoms. The molecule has 0 unspecified atom stereocenters. The maximum absolute atomic E-state index is 12.7. The molecular formula is C23H20N4O2. The van der Waals surface area contributed by atoms with Crippen molar-refractivity contribution in [3.8, 4) is 5.69 Å². The first-order chi connectivity index (χ1) is 14.1. The summed E-state index contributed by atoms with van der Waals surface area (Å²) in [7, 11) is 0. The van der Waals surface area contributed by atoms with Gasteiger partial charge in [-0.2, -0.15) is 10.1 Å². The summed E-state index contributed by atoms with van der Waals surface area (Å²) in [5, 5.41) is 8.83. The summed E-state index contributed by atoms with van der Waals surface area (Å²) in [6, 6.07) is 18.7. The zero-order valence-electron chi connectivity index (χ0n) is 16.2.